The van der Waals surface area contributed by atoms with Crippen molar-refractivity contribution in [1.29, 1.82) is 0 Å². The predicted octanol–water partition coefficient (Wildman–Crippen LogP) is 9.32. The van der Waals surface area contributed by atoms with E-state index < -0.39 is 11.6 Å². The van der Waals surface area contributed by atoms with Crippen LogP contribution in [-0.4, -0.2) is 57.4 Å². The molecule has 0 bridgehead atoms. The Balaban J connectivity index is 2.51. The lowest BCUT2D eigenvalue weighted by molar-refractivity contribution is 0.176. The second kappa shape index (κ2) is 19.8. The van der Waals surface area contributed by atoms with Gasteiger partial charge in [-0.15, -0.1) is 0 Å². The molecule has 0 saturated heterocycles. The van der Waals surface area contributed by atoms with Crippen LogP contribution in [0.5, 0.6) is 0 Å². The van der Waals surface area contributed by atoms with Crippen molar-refractivity contribution in [3.05, 3.63) is 33.6 Å². The minimum Gasteiger partial charge on any atom is -0.323 e. The Hall–Kier alpha value is -2.28. The first kappa shape index (κ1) is 34.9. The normalized spacial score (nSPS) is 11.3. The Kier molecular flexibility index (Phi) is 16.8. The van der Waals surface area contributed by atoms with Crippen molar-refractivity contribution in [2.24, 2.45) is 0 Å². The van der Waals surface area contributed by atoms with Crippen LogP contribution >= 0.6 is 11.6 Å². The van der Waals surface area contributed by atoms with Gasteiger partial charge in [-0.2, -0.15) is 9.36 Å². The molecule has 1 heterocycles. The second-order valence-corrected chi connectivity index (χ2v) is 11.8. The van der Waals surface area contributed by atoms with Gasteiger partial charge in [-0.1, -0.05) is 116 Å². The van der Waals surface area contributed by atoms with Crippen LogP contribution < -0.4 is 5.56 Å². The molecule has 0 aliphatic heterocycles. The highest BCUT2D eigenvalue weighted by Gasteiger charge is 2.29. The average molecular weight is 591 g/mol. The van der Waals surface area contributed by atoms with Crippen LogP contribution in [0.3, 0.4) is 0 Å². The number of aromatic nitrogens is 2. The molecular weight excluding hydrogens is 536 g/mol. The van der Waals surface area contributed by atoms with Crippen molar-refractivity contribution in [3.8, 4) is 0 Å². The zero-order valence-corrected chi connectivity index (χ0v) is 27.0. The smallest absolute Gasteiger partial charge is 0.323 e. The first-order valence-corrected chi connectivity index (χ1v) is 16.8. The topological polar surface area (TPSA) is 67.5 Å². The fourth-order valence-corrected chi connectivity index (χ4v) is 5.49. The van der Waals surface area contributed by atoms with E-state index in [1.807, 2.05) is 4.90 Å². The fraction of sp³-hybridized carbons (Fsp3) is 0.727. The van der Waals surface area contributed by atoms with E-state index in [1.165, 1.54) is 4.68 Å². The molecule has 0 N–H and O–H groups in total. The number of hydrogen-bond acceptors (Lipinski definition) is 3. The standard InChI is InChI=1S/C33H55ClN4O3/c1-5-9-13-17-23-35(24-18-14-10-6-2)32(40)37-30-27-28(34)21-22-29(30)31(39)38(37)33(41)36(25-19-15-11-7-3)26-20-16-12-8-4/h21-22,27H,5-20,23-26H2,1-4H3. The molecule has 0 spiro atoms. The van der Waals surface area contributed by atoms with Crippen LogP contribution in [0, 0.1) is 0 Å². The number of carbonyl (C=O) groups excluding carboxylic acids is 2. The van der Waals surface area contributed by atoms with Crippen LogP contribution in [0.1, 0.15) is 130 Å². The average Bonchev–Trinajstić information content (AvgIpc) is 3.25. The lowest BCUT2D eigenvalue weighted by atomic mass is 10.2. The van der Waals surface area contributed by atoms with Gasteiger partial charge in [-0.3, -0.25) is 4.79 Å². The number of benzene rings is 1. The van der Waals surface area contributed by atoms with E-state index in [2.05, 4.69) is 27.7 Å². The number of rotatable bonds is 20. The number of halogens is 1. The molecule has 0 radical (unpaired) electrons. The highest BCUT2D eigenvalue weighted by atomic mass is 35.5. The highest BCUT2D eigenvalue weighted by molar-refractivity contribution is 6.31. The van der Waals surface area contributed by atoms with Gasteiger partial charge < -0.3 is 9.80 Å². The third-order valence-corrected chi connectivity index (χ3v) is 8.08. The summed E-state index contributed by atoms with van der Waals surface area (Å²) in [6, 6.07) is 4.18. The van der Waals surface area contributed by atoms with E-state index in [0.717, 1.165) is 107 Å². The van der Waals surface area contributed by atoms with Crippen LogP contribution in [0.4, 0.5) is 9.59 Å². The first-order valence-electron chi connectivity index (χ1n) is 16.4. The second-order valence-electron chi connectivity index (χ2n) is 11.4. The van der Waals surface area contributed by atoms with E-state index in [4.69, 9.17) is 11.6 Å². The molecule has 2 rings (SSSR count). The quantitative estimate of drug-likeness (QED) is 0.144. The van der Waals surface area contributed by atoms with E-state index in [-0.39, 0.29) is 6.03 Å². The Bertz CT molecular complexity index is 1090. The minimum absolute atomic E-state index is 0.322. The van der Waals surface area contributed by atoms with Gasteiger partial charge in [0.05, 0.1) is 10.9 Å². The summed E-state index contributed by atoms with van der Waals surface area (Å²) in [6.45, 7) is 11.0. The number of hydrogen-bond donors (Lipinski definition) is 0. The minimum atomic E-state index is -0.459. The molecule has 0 atom stereocenters. The first-order chi connectivity index (χ1) is 19.9. The Morgan fingerprint density at radius 1 is 0.610 bits per heavy atom. The molecule has 0 saturated carbocycles. The molecule has 0 unspecified atom stereocenters. The molecule has 1 aromatic heterocycles. The molecule has 41 heavy (non-hydrogen) atoms. The summed E-state index contributed by atoms with van der Waals surface area (Å²) < 4.78 is 2.41. The maximum Gasteiger partial charge on any atom is 0.346 e. The van der Waals surface area contributed by atoms with Crippen LogP contribution in [0.15, 0.2) is 23.0 Å². The van der Waals surface area contributed by atoms with Gasteiger partial charge in [0.25, 0.3) is 5.56 Å². The largest absolute Gasteiger partial charge is 0.346 e. The predicted molar refractivity (Wildman–Crippen MR) is 173 cm³/mol. The monoisotopic (exact) mass is 590 g/mol. The number of unbranched alkanes of at least 4 members (excludes halogenated alkanes) is 12. The lowest BCUT2D eigenvalue weighted by Crippen LogP contribution is -2.47. The van der Waals surface area contributed by atoms with Crippen LogP contribution in [0.25, 0.3) is 10.9 Å². The lowest BCUT2D eigenvalue weighted by Gasteiger charge is -2.27. The van der Waals surface area contributed by atoms with E-state index >= 15 is 0 Å². The molecule has 0 aliphatic carbocycles. The SMILES string of the molecule is CCCCCCN(CCCCCC)C(=O)n1c(=O)c2ccc(Cl)cc2n1C(=O)N(CCCCCC)CCCCCC. The number of nitrogens with zero attached hydrogens (tertiary/aromatic N) is 4. The third-order valence-electron chi connectivity index (χ3n) is 7.84. The number of amides is 2. The third kappa shape index (κ3) is 10.8. The molecule has 2 aromatic rings. The van der Waals surface area contributed by atoms with E-state index in [0.29, 0.717) is 42.1 Å². The van der Waals surface area contributed by atoms with Crippen molar-refractivity contribution in [1.82, 2.24) is 19.2 Å². The summed E-state index contributed by atoms with van der Waals surface area (Å²) in [7, 11) is 0. The van der Waals surface area contributed by atoms with Gasteiger partial charge in [0.1, 0.15) is 0 Å². The van der Waals surface area contributed by atoms with Crippen molar-refractivity contribution < 1.29 is 9.59 Å². The molecule has 0 fully saturated rings. The van der Waals surface area contributed by atoms with Gasteiger partial charge in [-0.05, 0) is 43.9 Å². The molecule has 1 aromatic carbocycles. The maximum atomic E-state index is 14.3. The van der Waals surface area contributed by atoms with Crippen molar-refractivity contribution >= 4 is 34.6 Å². The van der Waals surface area contributed by atoms with Gasteiger partial charge in [0.2, 0.25) is 0 Å². The summed E-state index contributed by atoms with van der Waals surface area (Å²) in [5.41, 5.74) is -0.0658. The molecule has 0 aliphatic rings. The van der Waals surface area contributed by atoms with Gasteiger partial charge in [0, 0.05) is 31.2 Å². The number of carbonyl (C=O) groups is 2. The zero-order chi connectivity index (χ0) is 30.0. The molecule has 2 amide bonds. The van der Waals surface area contributed by atoms with Gasteiger partial charge in [-0.25, -0.2) is 9.59 Å². The van der Waals surface area contributed by atoms with Crippen LogP contribution in [0.2, 0.25) is 5.02 Å². The van der Waals surface area contributed by atoms with Crippen LogP contribution in [-0.2, 0) is 0 Å². The number of fused-ring (bicyclic) bond motifs is 1. The summed E-state index contributed by atoms with van der Waals surface area (Å²) in [5, 5.41) is 0.766. The summed E-state index contributed by atoms with van der Waals surface area (Å²) in [6.07, 6.45) is 16.6. The highest BCUT2D eigenvalue weighted by Crippen LogP contribution is 2.20. The Morgan fingerprint density at radius 2 is 1.00 bits per heavy atom. The van der Waals surface area contributed by atoms with Crippen molar-refractivity contribution in [2.45, 2.75) is 130 Å². The van der Waals surface area contributed by atoms with Gasteiger partial charge in [0.15, 0.2) is 0 Å². The summed E-state index contributed by atoms with van der Waals surface area (Å²) in [4.78, 5) is 45.8. The Labute approximate surface area is 253 Å². The summed E-state index contributed by atoms with van der Waals surface area (Å²) in [5.74, 6) is 0. The molecule has 8 heteroatoms. The maximum absolute atomic E-state index is 14.3. The Morgan fingerprint density at radius 3 is 1.39 bits per heavy atom. The molecular formula is C33H55ClN4O3. The van der Waals surface area contributed by atoms with Crippen molar-refractivity contribution in [2.75, 3.05) is 26.2 Å². The summed E-state index contributed by atoms with van der Waals surface area (Å²) >= 11 is 6.37. The van der Waals surface area contributed by atoms with E-state index in [9.17, 15) is 14.4 Å². The van der Waals surface area contributed by atoms with Crippen molar-refractivity contribution in [3.63, 3.8) is 0 Å². The molecule has 232 valence electrons. The fourth-order valence-electron chi connectivity index (χ4n) is 5.33. The molecule has 7 nitrogen and oxygen atoms in total. The zero-order valence-electron chi connectivity index (χ0n) is 26.3. The van der Waals surface area contributed by atoms with E-state index in [1.54, 1.807) is 23.1 Å². The van der Waals surface area contributed by atoms with Gasteiger partial charge >= 0.3 is 12.1 Å².